The van der Waals surface area contributed by atoms with Gasteiger partial charge in [-0.15, -0.1) is 0 Å². The molecule has 0 spiro atoms. The number of pyridine rings is 2. The number of carbonyl (C=O) groups is 2. The number of nitrogens with one attached hydrogen (secondary N) is 2. The maximum absolute atomic E-state index is 14.1. The van der Waals surface area contributed by atoms with Crippen molar-refractivity contribution in [2.24, 2.45) is 5.41 Å². The molecule has 3 heterocycles. The molecule has 210 valence electrons. The van der Waals surface area contributed by atoms with Crippen molar-refractivity contribution in [1.82, 2.24) is 29.8 Å². The van der Waals surface area contributed by atoms with Crippen LogP contribution in [0, 0.1) is 5.41 Å². The van der Waals surface area contributed by atoms with Crippen LogP contribution < -0.4 is 10.0 Å². The molecule has 0 saturated heterocycles. The number of amides is 1. The molecule has 0 aliphatic heterocycles. The van der Waals surface area contributed by atoms with Crippen LogP contribution in [0.15, 0.2) is 66.2 Å². The van der Waals surface area contributed by atoms with Gasteiger partial charge in [0.25, 0.3) is 10.0 Å². The van der Waals surface area contributed by atoms with E-state index < -0.39 is 39.4 Å². The van der Waals surface area contributed by atoms with Crippen molar-refractivity contribution in [2.75, 3.05) is 13.2 Å². The fourth-order valence-corrected chi connectivity index (χ4v) is 5.38. The van der Waals surface area contributed by atoms with E-state index in [1.165, 1.54) is 12.3 Å². The Kier molecular flexibility index (Phi) is 9.92. The molecule has 3 rings (SSSR count). The fourth-order valence-electron chi connectivity index (χ4n) is 4.45. The number of Topliss-reactive ketones (excluding diaryl/α,β-unsaturated/α-hetero) is 1. The third-order valence-corrected chi connectivity index (χ3v) is 7.91. The van der Waals surface area contributed by atoms with Gasteiger partial charge in [0.2, 0.25) is 0 Å². The monoisotopic (exact) mass is 556 g/mol. The molecular formula is C27H36N6O5S. The zero-order valence-corrected chi connectivity index (χ0v) is 23.6. The summed E-state index contributed by atoms with van der Waals surface area (Å²) in [6, 6.07) is 9.93. The van der Waals surface area contributed by atoms with Gasteiger partial charge < -0.3 is 10.1 Å². The van der Waals surface area contributed by atoms with Crippen LogP contribution in [0.5, 0.6) is 0 Å². The maximum Gasteiger partial charge on any atom is 0.408 e. The summed E-state index contributed by atoms with van der Waals surface area (Å²) < 4.78 is 35.0. The highest BCUT2D eigenvalue weighted by Gasteiger charge is 2.52. The molecule has 39 heavy (non-hydrogen) atoms. The van der Waals surface area contributed by atoms with Crippen molar-refractivity contribution in [1.29, 1.82) is 0 Å². The van der Waals surface area contributed by atoms with E-state index in [1.54, 1.807) is 47.5 Å². The second kappa shape index (κ2) is 12.9. The second-order valence-electron chi connectivity index (χ2n) is 9.86. The molecule has 0 unspecified atom stereocenters. The van der Waals surface area contributed by atoms with Crippen molar-refractivity contribution >= 4 is 21.9 Å². The molecule has 1 amide bonds. The molecule has 12 heteroatoms. The summed E-state index contributed by atoms with van der Waals surface area (Å²) in [6.45, 7) is 7.12. The molecule has 0 aliphatic carbocycles. The number of sulfonamides is 1. The summed E-state index contributed by atoms with van der Waals surface area (Å²) >= 11 is 0. The van der Waals surface area contributed by atoms with Gasteiger partial charge in [0.15, 0.2) is 10.8 Å². The predicted octanol–water partition coefficient (Wildman–Crippen LogP) is 3.59. The Labute approximate surface area is 229 Å². The highest BCUT2D eigenvalue weighted by atomic mass is 32.2. The van der Waals surface area contributed by atoms with Crippen LogP contribution in [-0.4, -0.2) is 58.7 Å². The van der Waals surface area contributed by atoms with Crippen LogP contribution in [0.25, 0.3) is 11.3 Å². The summed E-state index contributed by atoms with van der Waals surface area (Å²) in [5.74, 6) is -0.535. The first kappa shape index (κ1) is 29.9. The zero-order valence-electron chi connectivity index (χ0n) is 22.8. The van der Waals surface area contributed by atoms with E-state index in [0.29, 0.717) is 25.0 Å². The summed E-state index contributed by atoms with van der Waals surface area (Å²) in [7, 11) is -4.08. The van der Waals surface area contributed by atoms with E-state index in [0.717, 1.165) is 5.56 Å². The normalized spacial score (nSPS) is 13.4. The first-order valence-corrected chi connectivity index (χ1v) is 14.4. The van der Waals surface area contributed by atoms with E-state index in [1.807, 2.05) is 33.8 Å². The van der Waals surface area contributed by atoms with Gasteiger partial charge in [0.05, 0.1) is 25.4 Å². The lowest BCUT2D eigenvalue weighted by Gasteiger charge is -2.45. The van der Waals surface area contributed by atoms with Gasteiger partial charge in [0, 0.05) is 30.4 Å². The molecule has 0 aromatic carbocycles. The minimum atomic E-state index is -4.08. The SMILES string of the molecule is CCCOC(=O)N[C@@](Cn1ccc(-c2cccnc2)n1)(C(=O)CNS(=O)(=O)c1ccccn1)C(C)(C)CCC. The first-order chi connectivity index (χ1) is 18.5. The molecule has 0 radical (unpaired) electrons. The highest BCUT2D eigenvalue weighted by Crippen LogP contribution is 2.38. The summed E-state index contributed by atoms with van der Waals surface area (Å²) in [5, 5.41) is 7.25. The third kappa shape index (κ3) is 7.27. The Morgan fingerprint density at radius 1 is 1.05 bits per heavy atom. The van der Waals surface area contributed by atoms with Crippen LogP contribution in [0.4, 0.5) is 4.79 Å². The Morgan fingerprint density at radius 2 is 1.85 bits per heavy atom. The van der Waals surface area contributed by atoms with E-state index in [4.69, 9.17) is 4.74 Å². The lowest BCUT2D eigenvalue weighted by Crippen LogP contribution is -2.67. The summed E-state index contributed by atoms with van der Waals surface area (Å²) in [4.78, 5) is 35.0. The average Bonchev–Trinajstić information content (AvgIpc) is 3.39. The van der Waals surface area contributed by atoms with Crippen LogP contribution in [0.2, 0.25) is 0 Å². The van der Waals surface area contributed by atoms with Crippen molar-refractivity contribution in [3.05, 3.63) is 61.2 Å². The summed E-state index contributed by atoms with van der Waals surface area (Å²) in [5.41, 5.74) is -0.957. The summed E-state index contributed by atoms with van der Waals surface area (Å²) in [6.07, 6.45) is 7.52. The Hall–Kier alpha value is -3.64. The minimum Gasteiger partial charge on any atom is -0.450 e. The van der Waals surface area contributed by atoms with Crippen LogP contribution in [-0.2, 0) is 26.1 Å². The number of aromatic nitrogens is 4. The largest absolute Gasteiger partial charge is 0.450 e. The average molecular weight is 557 g/mol. The molecule has 11 nitrogen and oxygen atoms in total. The van der Waals surface area contributed by atoms with E-state index in [2.05, 4.69) is 25.1 Å². The standard InChI is InChI=1S/C27H36N6O5S/c1-5-13-26(3,4)27(31-25(35)38-17-6-2,20-33-16-12-22(32-33)21-10-9-14-28-18-21)23(34)19-30-39(36,37)24-11-7-8-15-29-24/h7-12,14-16,18,30H,5-6,13,17,19-20H2,1-4H3,(H,31,35)/t27-/m0/s1. The highest BCUT2D eigenvalue weighted by molar-refractivity contribution is 7.89. The van der Waals surface area contributed by atoms with Gasteiger partial charge in [-0.25, -0.2) is 22.9 Å². The van der Waals surface area contributed by atoms with Gasteiger partial charge >= 0.3 is 6.09 Å². The van der Waals surface area contributed by atoms with E-state index in [-0.39, 0.29) is 18.2 Å². The Bertz CT molecular complexity index is 1350. The fraction of sp³-hybridized carbons (Fsp3) is 0.444. The number of ketones is 1. The van der Waals surface area contributed by atoms with Crippen LogP contribution >= 0.6 is 0 Å². The maximum atomic E-state index is 14.1. The minimum absolute atomic E-state index is 0.0500. The van der Waals surface area contributed by atoms with Crippen LogP contribution in [0.1, 0.15) is 47.0 Å². The van der Waals surface area contributed by atoms with E-state index in [9.17, 15) is 18.0 Å². The number of ether oxygens (including phenoxy) is 1. The smallest absolute Gasteiger partial charge is 0.408 e. The number of hydrogen-bond donors (Lipinski definition) is 2. The molecule has 2 N–H and O–H groups in total. The van der Waals surface area contributed by atoms with Gasteiger partial charge in [-0.3, -0.25) is 14.5 Å². The Balaban J connectivity index is 2.01. The molecular weight excluding hydrogens is 520 g/mol. The van der Waals surface area contributed by atoms with Crippen molar-refractivity contribution in [2.45, 2.75) is 64.1 Å². The molecule has 0 bridgehead atoms. The topological polar surface area (TPSA) is 145 Å². The number of hydrogen-bond acceptors (Lipinski definition) is 8. The molecule has 0 fully saturated rings. The van der Waals surface area contributed by atoms with Gasteiger partial charge in [-0.1, -0.05) is 40.2 Å². The lowest BCUT2D eigenvalue weighted by atomic mass is 9.66. The van der Waals surface area contributed by atoms with Crippen molar-refractivity contribution in [3.63, 3.8) is 0 Å². The zero-order chi connectivity index (χ0) is 28.5. The van der Waals surface area contributed by atoms with Crippen LogP contribution in [0.3, 0.4) is 0 Å². The quantitative estimate of drug-likeness (QED) is 0.306. The predicted molar refractivity (Wildman–Crippen MR) is 146 cm³/mol. The van der Waals surface area contributed by atoms with Crippen molar-refractivity contribution < 1.29 is 22.7 Å². The number of alkyl carbamates (subject to hydrolysis) is 1. The van der Waals surface area contributed by atoms with Gasteiger partial charge in [-0.05, 0) is 48.6 Å². The second-order valence-corrected chi connectivity index (χ2v) is 11.6. The molecule has 3 aromatic heterocycles. The Morgan fingerprint density at radius 3 is 2.49 bits per heavy atom. The molecule has 0 saturated carbocycles. The van der Waals surface area contributed by atoms with Crippen molar-refractivity contribution in [3.8, 4) is 11.3 Å². The number of carbonyl (C=O) groups excluding carboxylic acids is 2. The lowest BCUT2D eigenvalue weighted by molar-refractivity contribution is -0.130. The van der Waals surface area contributed by atoms with E-state index >= 15 is 0 Å². The number of nitrogens with zero attached hydrogens (tertiary/aromatic N) is 4. The molecule has 0 aliphatic rings. The van der Waals surface area contributed by atoms with Gasteiger partial charge in [-0.2, -0.15) is 5.10 Å². The van der Waals surface area contributed by atoms with Gasteiger partial charge in [0.1, 0.15) is 5.54 Å². The number of rotatable bonds is 14. The molecule has 3 aromatic rings. The first-order valence-electron chi connectivity index (χ1n) is 12.9. The molecule has 1 atom stereocenters. The third-order valence-electron chi connectivity index (χ3n) is 6.59.